The van der Waals surface area contributed by atoms with Crippen LogP contribution in [0.5, 0.6) is 0 Å². The third-order valence-electron chi connectivity index (χ3n) is 5.05. The molecule has 1 aromatic carbocycles. The summed E-state index contributed by atoms with van der Waals surface area (Å²) < 4.78 is 0. The molecule has 2 saturated heterocycles. The lowest BCUT2D eigenvalue weighted by Gasteiger charge is -2.37. The van der Waals surface area contributed by atoms with Crippen LogP contribution in [0.2, 0.25) is 0 Å². The van der Waals surface area contributed by atoms with Gasteiger partial charge in [-0.1, -0.05) is 35.8 Å². The highest BCUT2D eigenvalue weighted by molar-refractivity contribution is 9.09. The van der Waals surface area contributed by atoms with E-state index in [4.69, 9.17) is 0 Å². The number of hydrogen-bond acceptors (Lipinski definition) is 6. The fourth-order valence-electron chi connectivity index (χ4n) is 3.47. The Bertz CT molecular complexity index is 678. The summed E-state index contributed by atoms with van der Waals surface area (Å²) in [5.41, 5.74) is 7.24. The van der Waals surface area contributed by atoms with Crippen LogP contribution in [-0.2, 0) is 4.79 Å². The third-order valence-corrected chi connectivity index (χ3v) is 6.15. The largest absolute Gasteiger partial charge is 0.368 e. The molecule has 8 nitrogen and oxygen atoms in total. The van der Waals surface area contributed by atoms with Crippen molar-refractivity contribution in [1.29, 1.82) is 0 Å². The van der Waals surface area contributed by atoms with E-state index in [-0.39, 0.29) is 33.4 Å². The molecule has 3 rings (SSSR count). The molecule has 9 heteroatoms. The van der Waals surface area contributed by atoms with Gasteiger partial charge < -0.3 is 9.80 Å². The van der Waals surface area contributed by atoms with E-state index in [1.54, 1.807) is 12.1 Å². The molecule has 0 radical (unpaired) electrons. The van der Waals surface area contributed by atoms with E-state index < -0.39 is 0 Å². The van der Waals surface area contributed by atoms with Crippen molar-refractivity contribution in [2.75, 3.05) is 31.1 Å². The van der Waals surface area contributed by atoms with Crippen LogP contribution in [-0.4, -0.2) is 58.8 Å². The van der Waals surface area contributed by atoms with Crippen molar-refractivity contribution >= 4 is 33.2 Å². The lowest BCUT2D eigenvalue weighted by atomic mass is 9.99. The highest BCUT2D eigenvalue weighted by atomic mass is 79.9. The van der Waals surface area contributed by atoms with Gasteiger partial charge in [0.05, 0.1) is 9.75 Å². The van der Waals surface area contributed by atoms with Crippen molar-refractivity contribution in [1.82, 2.24) is 15.8 Å². The molecule has 142 valence electrons. The highest BCUT2D eigenvalue weighted by Crippen LogP contribution is 2.25. The average molecular weight is 426 g/mol. The first kappa shape index (κ1) is 19.1. The zero-order valence-electron chi connectivity index (χ0n) is 14.9. The average Bonchev–Trinajstić information content (AvgIpc) is 3.03. The van der Waals surface area contributed by atoms with Gasteiger partial charge in [-0.25, -0.2) is 5.43 Å². The van der Waals surface area contributed by atoms with Crippen LogP contribution in [0.3, 0.4) is 0 Å². The number of halogens is 1. The van der Waals surface area contributed by atoms with E-state index in [0.29, 0.717) is 32.1 Å². The second kappa shape index (κ2) is 7.89. The van der Waals surface area contributed by atoms with Crippen LogP contribution in [0.4, 0.5) is 11.4 Å². The number of benzene rings is 1. The number of nitrogens with zero attached hydrogens (tertiary/aromatic N) is 3. The highest BCUT2D eigenvalue weighted by Gasteiger charge is 2.41. The molecule has 0 bridgehead atoms. The smallest absolute Gasteiger partial charge is 0.271 e. The van der Waals surface area contributed by atoms with Gasteiger partial charge in [-0.15, -0.1) is 0 Å². The zero-order valence-corrected chi connectivity index (χ0v) is 16.5. The Morgan fingerprint density at radius 1 is 1.27 bits per heavy atom. The minimum atomic E-state index is -0.386. The number of amides is 1. The maximum Gasteiger partial charge on any atom is 0.271 e. The van der Waals surface area contributed by atoms with Gasteiger partial charge in [-0.3, -0.25) is 20.3 Å². The van der Waals surface area contributed by atoms with E-state index in [0.717, 1.165) is 5.69 Å². The molecule has 3 unspecified atom stereocenters. The number of carbonyl (C=O) groups excluding carboxylic acids is 1. The van der Waals surface area contributed by atoms with Gasteiger partial charge in [0.15, 0.2) is 0 Å². The number of non-ortho nitro benzene ring substituents is 1. The Kier molecular flexibility index (Phi) is 5.79. The SMILES string of the molecule is CC(C)C1NNC(C(=O)N2CCN(c3cccc([N+](=O)[O-])c3)CC2)C1Br. The molecule has 0 spiro atoms. The van der Waals surface area contributed by atoms with Crippen LogP contribution in [0.1, 0.15) is 13.8 Å². The van der Waals surface area contributed by atoms with Gasteiger partial charge in [-0.2, -0.15) is 0 Å². The van der Waals surface area contributed by atoms with Gasteiger partial charge in [0, 0.05) is 50.0 Å². The monoisotopic (exact) mass is 425 g/mol. The Balaban J connectivity index is 1.59. The van der Waals surface area contributed by atoms with Crippen LogP contribution in [0.15, 0.2) is 24.3 Å². The van der Waals surface area contributed by atoms with E-state index in [1.807, 2.05) is 11.0 Å². The number of anilines is 1. The second-order valence-electron chi connectivity index (χ2n) is 7.07. The second-order valence-corrected chi connectivity index (χ2v) is 8.13. The lowest BCUT2D eigenvalue weighted by Crippen LogP contribution is -2.55. The summed E-state index contributed by atoms with van der Waals surface area (Å²) >= 11 is 3.66. The van der Waals surface area contributed by atoms with E-state index in [9.17, 15) is 14.9 Å². The summed E-state index contributed by atoms with van der Waals surface area (Å²) in [5.74, 6) is 0.497. The van der Waals surface area contributed by atoms with Crippen molar-refractivity contribution < 1.29 is 9.72 Å². The quantitative estimate of drug-likeness (QED) is 0.431. The van der Waals surface area contributed by atoms with E-state index in [1.165, 1.54) is 6.07 Å². The van der Waals surface area contributed by atoms with Crippen molar-refractivity contribution in [2.45, 2.75) is 30.8 Å². The number of nitro benzene ring substituents is 1. The molecule has 2 fully saturated rings. The summed E-state index contributed by atoms with van der Waals surface area (Å²) in [7, 11) is 0. The van der Waals surface area contributed by atoms with Crippen LogP contribution >= 0.6 is 15.9 Å². The normalized spacial score (nSPS) is 26.4. The molecule has 3 atom stereocenters. The van der Waals surface area contributed by atoms with Gasteiger partial charge in [0.1, 0.15) is 6.04 Å². The molecule has 1 amide bonds. The number of nitro groups is 1. The zero-order chi connectivity index (χ0) is 18.8. The lowest BCUT2D eigenvalue weighted by molar-refractivity contribution is -0.384. The number of carbonyl (C=O) groups is 1. The van der Waals surface area contributed by atoms with E-state index >= 15 is 0 Å². The summed E-state index contributed by atoms with van der Waals surface area (Å²) in [5, 5.41) is 10.9. The third kappa shape index (κ3) is 3.84. The number of rotatable bonds is 4. The topological polar surface area (TPSA) is 90.8 Å². The molecule has 26 heavy (non-hydrogen) atoms. The first-order valence-corrected chi connectivity index (χ1v) is 9.73. The molecule has 2 aliphatic heterocycles. The van der Waals surface area contributed by atoms with E-state index in [2.05, 4.69) is 45.5 Å². The summed E-state index contributed by atoms with van der Waals surface area (Å²) in [4.78, 5) is 27.4. The van der Waals surface area contributed by atoms with Crippen LogP contribution in [0, 0.1) is 16.0 Å². The Labute approximate surface area is 161 Å². The molecule has 1 aromatic rings. The molecule has 0 aromatic heterocycles. The molecule has 0 aliphatic carbocycles. The van der Waals surface area contributed by atoms with Gasteiger partial charge in [-0.05, 0) is 12.0 Å². The summed E-state index contributed by atoms with van der Waals surface area (Å²) in [6.45, 7) is 6.77. The minimum absolute atomic E-state index is 0.0461. The summed E-state index contributed by atoms with van der Waals surface area (Å²) in [6, 6.07) is 6.56. The first-order valence-electron chi connectivity index (χ1n) is 8.82. The number of nitrogens with one attached hydrogen (secondary N) is 2. The minimum Gasteiger partial charge on any atom is -0.368 e. The van der Waals surface area contributed by atoms with Crippen molar-refractivity contribution in [3.63, 3.8) is 0 Å². The molecular formula is C17H24BrN5O3. The predicted molar refractivity (Wildman–Crippen MR) is 103 cm³/mol. The first-order chi connectivity index (χ1) is 12.4. The van der Waals surface area contributed by atoms with Gasteiger partial charge in [0.25, 0.3) is 5.69 Å². The van der Waals surface area contributed by atoms with Crippen LogP contribution in [0.25, 0.3) is 0 Å². The fraction of sp³-hybridized carbons (Fsp3) is 0.588. The molecule has 2 heterocycles. The molecule has 2 aliphatic rings. The van der Waals surface area contributed by atoms with Crippen molar-refractivity contribution in [2.24, 2.45) is 5.92 Å². The Hall–Kier alpha value is -1.71. The molecule has 0 saturated carbocycles. The predicted octanol–water partition coefficient (Wildman–Crippen LogP) is 1.51. The summed E-state index contributed by atoms with van der Waals surface area (Å²) in [6.07, 6.45) is 0. The maximum absolute atomic E-state index is 12.9. The number of hydrogen-bond donors (Lipinski definition) is 2. The standard InChI is InChI=1S/C17H24BrN5O3/c1-11(2)15-14(18)16(20-19-15)17(24)22-8-6-21(7-9-22)12-4-3-5-13(10-12)23(25)26/h3-5,10-11,14-16,19-20H,6-9H2,1-2H3. The fourth-order valence-corrected chi connectivity index (χ4v) is 4.57. The van der Waals surface area contributed by atoms with Crippen molar-refractivity contribution in [3.8, 4) is 0 Å². The molecular weight excluding hydrogens is 402 g/mol. The van der Waals surface area contributed by atoms with Crippen LogP contribution < -0.4 is 15.8 Å². The molecule has 2 N–H and O–H groups in total. The maximum atomic E-state index is 12.9. The van der Waals surface area contributed by atoms with Gasteiger partial charge in [0.2, 0.25) is 5.91 Å². The van der Waals surface area contributed by atoms with Gasteiger partial charge >= 0.3 is 0 Å². The number of piperazine rings is 1. The number of alkyl halides is 1. The Morgan fingerprint density at radius 2 is 1.96 bits per heavy atom. The Morgan fingerprint density at radius 3 is 2.54 bits per heavy atom. The number of hydrazine groups is 1. The van der Waals surface area contributed by atoms with Crippen molar-refractivity contribution in [3.05, 3.63) is 34.4 Å².